The Labute approximate surface area is 88.5 Å². The van der Waals surface area contributed by atoms with Crippen molar-refractivity contribution in [3.63, 3.8) is 0 Å². The van der Waals surface area contributed by atoms with E-state index in [-0.39, 0.29) is 5.91 Å². The van der Waals surface area contributed by atoms with Crippen LogP contribution in [-0.2, 0) is 11.3 Å². The summed E-state index contributed by atoms with van der Waals surface area (Å²) in [5.41, 5.74) is 1.88. The number of nitrogens with zero attached hydrogens (tertiary/aromatic N) is 1. The Hall–Kier alpha value is -1.90. The van der Waals surface area contributed by atoms with E-state index >= 15 is 0 Å². The van der Waals surface area contributed by atoms with Crippen LogP contribution >= 0.6 is 0 Å². The summed E-state index contributed by atoms with van der Waals surface area (Å²) in [6.07, 6.45) is 9.91. The van der Waals surface area contributed by atoms with Crippen LogP contribution in [0.3, 0.4) is 0 Å². The predicted octanol–water partition coefficient (Wildman–Crippen LogP) is 1.58. The summed E-state index contributed by atoms with van der Waals surface area (Å²) in [7, 11) is 0. The Kier molecular flexibility index (Phi) is 2.93. The first-order valence-electron chi connectivity index (χ1n) is 4.89. The molecule has 3 nitrogen and oxygen atoms in total. The first-order chi connectivity index (χ1) is 7.36. The van der Waals surface area contributed by atoms with E-state index in [0.29, 0.717) is 6.54 Å². The first-order valence-corrected chi connectivity index (χ1v) is 4.89. The second-order valence-electron chi connectivity index (χ2n) is 3.36. The standard InChI is InChI=1S/C12H12N2O/c15-12(11-3-1-2-4-11)14-9-10-5-7-13-8-6-10/h1-3,5-8H,4,9H2,(H,14,15). The van der Waals surface area contributed by atoms with Gasteiger partial charge < -0.3 is 5.32 Å². The zero-order valence-electron chi connectivity index (χ0n) is 8.31. The van der Waals surface area contributed by atoms with Gasteiger partial charge in [-0.3, -0.25) is 9.78 Å². The van der Waals surface area contributed by atoms with E-state index in [1.54, 1.807) is 12.4 Å². The third kappa shape index (κ3) is 2.53. The van der Waals surface area contributed by atoms with Crippen molar-refractivity contribution in [2.45, 2.75) is 13.0 Å². The highest BCUT2D eigenvalue weighted by Gasteiger charge is 2.08. The van der Waals surface area contributed by atoms with E-state index in [9.17, 15) is 4.79 Å². The van der Waals surface area contributed by atoms with Crippen LogP contribution in [0.4, 0.5) is 0 Å². The van der Waals surface area contributed by atoms with Gasteiger partial charge >= 0.3 is 0 Å². The zero-order chi connectivity index (χ0) is 10.5. The summed E-state index contributed by atoms with van der Waals surface area (Å²) in [5.74, 6) is 0.0109. The molecule has 1 N–H and O–H groups in total. The summed E-state index contributed by atoms with van der Waals surface area (Å²) in [6, 6.07) is 3.78. The SMILES string of the molecule is O=C(NCc1ccncc1)C1=CC=CC1. The number of hydrogen-bond acceptors (Lipinski definition) is 2. The fourth-order valence-corrected chi connectivity index (χ4v) is 1.41. The Morgan fingerprint density at radius 3 is 2.87 bits per heavy atom. The normalized spacial score (nSPS) is 13.7. The third-order valence-electron chi connectivity index (χ3n) is 2.27. The molecular formula is C12H12N2O. The van der Waals surface area contributed by atoms with Gasteiger partial charge in [0.1, 0.15) is 0 Å². The number of rotatable bonds is 3. The lowest BCUT2D eigenvalue weighted by Gasteiger charge is -2.05. The summed E-state index contributed by atoms with van der Waals surface area (Å²) in [6.45, 7) is 0.554. The van der Waals surface area contributed by atoms with Crippen molar-refractivity contribution in [1.29, 1.82) is 0 Å². The summed E-state index contributed by atoms with van der Waals surface area (Å²) in [4.78, 5) is 15.5. The molecule has 0 aromatic carbocycles. The summed E-state index contributed by atoms with van der Waals surface area (Å²) >= 11 is 0. The summed E-state index contributed by atoms with van der Waals surface area (Å²) in [5, 5.41) is 2.87. The van der Waals surface area contributed by atoms with Gasteiger partial charge in [0, 0.05) is 24.5 Å². The second-order valence-corrected chi connectivity index (χ2v) is 3.36. The van der Waals surface area contributed by atoms with E-state index in [0.717, 1.165) is 17.6 Å². The molecule has 0 bridgehead atoms. The molecule has 0 fully saturated rings. The van der Waals surface area contributed by atoms with Gasteiger partial charge in [-0.05, 0) is 24.1 Å². The lowest BCUT2D eigenvalue weighted by Crippen LogP contribution is -2.23. The zero-order valence-corrected chi connectivity index (χ0v) is 8.31. The van der Waals surface area contributed by atoms with Crippen molar-refractivity contribution in [3.8, 4) is 0 Å². The molecule has 0 unspecified atom stereocenters. The maximum atomic E-state index is 11.6. The van der Waals surface area contributed by atoms with Crippen LogP contribution in [0.15, 0.2) is 48.3 Å². The predicted molar refractivity (Wildman–Crippen MR) is 57.9 cm³/mol. The molecule has 1 aliphatic carbocycles. The van der Waals surface area contributed by atoms with Crippen LogP contribution < -0.4 is 5.32 Å². The molecular weight excluding hydrogens is 188 g/mol. The number of allylic oxidation sites excluding steroid dienone is 3. The Bertz CT molecular complexity index is 407. The van der Waals surface area contributed by atoms with Crippen molar-refractivity contribution in [3.05, 3.63) is 53.9 Å². The van der Waals surface area contributed by atoms with E-state index in [2.05, 4.69) is 10.3 Å². The van der Waals surface area contributed by atoms with Gasteiger partial charge in [-0.15, -0.1) is 0 Å². The van der Waals surface area contributed by atoms with Gasteiger partial charge in [0.25, 0.3) is 0 Å². The topological polar surface area (TPSA) is 42.0 Å². The molecule has 0 aliphatic heterocycles. The molecule has 15 heavy (non-hydrogen) atoms. The Balaban J connectivity index is 1.86. The Morgan fingerprint density at radius 2 is 2.20 bits per heavy atom. The highest BCUT2D eigenvalue weighted by atomic mass is 16.1. The quantitative estimate of drug-likeness (QED) is 0.805. The lowest BCUT2D eigenvalue weighted by atomic mass is 10.2. The van der Waals surface area contributed by atoms with E-state index in [1.165, 1.54) is 0 Å². The van der Waals surface area contributed by atoms with Crippen LogP contribution in [0.2, 0.25) is 0 Å². The first kappa shape index (κ1) is 9.65. The van der Waals surface area contributed by atoms with Crippen LogP contribution in [0.1, 0.15) is 12.0 Å². The maximum Gasteiger partial charge on any atom is 0.247 e. The van der Waals surface area contributed by atoms with E-state index in [4.69, 9.17) is 0 Å². The monoisotopic (exact) mass is 200 g/mol. The van der Waals surface area contributed by atoms with Gasteiger partial charge in [-0.25, -0.2) is 0 Å². The number of carbonyl (C=O) groups is 1. The number of hydrogen-bond donors (Lipinski definition) is 1. The van der Waals surface area contributed by atoms with Crippen LogP contribution in [0.5, 0.6) is 0 Å². The molecule has 1 aromatic rings. The largest absolute Gasteiger partial charge is 0.348 e. The van der Waals surface area contributed by atoms with Gasteiger partial charge in [-0.2, -0.15) is 0 Å². The molecule has 2 rings (SSSR count). The minimum atomic E-state index is 0.0109. The van der Waals surface area contributed by atoms with Crippen molar-refractivity contribution in [2.75, 3.05) is 0 Å². The molecule has 1 amide bonds. The molecule has 76 valence electrons. The number of amides is 1. The molecule has 0 saturated heterocycles. The smallest absolute Gasteiger partial charge is 0.247 e. The van der Waals surface area contributed by atoms with Crippen molar-refractivity contribution < 1.29 is 4.79 Å². The van der Waals surface area contributed by atoms with Gasteiger partial charge in [0.15, 0.2) is 0 Å². The van der Waals surface area contributed by atoms with E-state index < -0.39 is 0 Å². The molecule has 1 aliphatic rings. The molecule has 0 atom stereocenters. The van der Waals surface area contributed by atoms with Crippen LogP contribution in [0.25, 0.3) is 0 Å². The highest BCUT2D eigenvalue weighted by Crippen LogP contribution is 2.10. The molecule has 0 saturated carbocycles. The fraction of sp³-hybridized carbons (Fsp3) is 0.167. The Morgan fingerprint density at radius 1 is 1.40 bits per heavy atom. The molecule has 0 radical (unpaired) electrons. The molecule has 3 heteroatoms. The minimum Gasteiger partial charge on any atom is -0.348 e. The third-order valence-corrected chi connectivity index (χ3v) is 2.27. The number of aromatic nitrogens is 1. The van der Waals surface area contributed by atoms with Crippen LogP contribution in [-0.4, -0.2) is 10.9 Å². The lowest BCUT2D eigenvalue weighted by molar-refractivity contribution is -0.117. The highest BCUT2D eigenvalue weighted by molar-refractivity contribution is 5.94. The summed E-state index contributed by atoms with van der Waals surface area (Å²) < 4.78 is 0. The average Bonchev–Trinajstić information content (AvgIpc) is 2.81. The fourth-order valence-electron chi connectivity index (χ4n) is 1.41. The van der Waals surface area contributed by atoms with E-state index in [1.807, 2.05) is 30.4 Å². The average molecular weight is 200 g/mol. The van der Waals surface area contributed by atoms with Crippen LogP contribution in [0, 0.1) is 0 Å². The van der Waals surface area contributed by atoms with Gasteiger partial charge in [0.2, 0.25) is 5.91 Å². The molecule has 1 heterocycles. The van der Waals surface area contributed by atoms with Gasteiger partial charge in [-0.1, -0.05) is 18.2 Å². The van der Waals surface area contributed by atoms with Crippen molar-refractivity contribution in [2.24, 2.45) is 0 Å². The van der Waals surface area contributed by atoms with Crippen molar-refractivity contribution >= 4 is 5.91 Å². The number of pyridine rings is 1. The van der Waals surface area contributed by atoms with Gasteiger partial charge in [0.05, 0.1) is 0 Å². The number of nitrogens with one attached hydrogen (secondary N) is 1. The maximum absolute atomic E-state index is 11.6. The molecule has 0 spiro atoms. The van der Waals surface area contributed by atoms with Crippen molar-refractivity contribution in [1.82, 2.24) is 10.3 Å². The molecule has 1 aromatic heterocycles. The second kappa shape index (κ2) is 4.55. The number of carbonyl (C=O) groups excluding carboxylic acids is 1. The minimum absolute atomic E-state index is 0.0109.